The molecule has 186 valence electrons. The zero-order chi connectivity index (χ0) is 22.7. The number of rotatable bonds is 26. The highest BCUT2D eigenvalue weighted by molar-refractivity contribution is 5.69. The van der Waals surface area contributed by atoms with Crippen molar-refractivity contribution in [1.29, 1.82) is 0 Å². The van der Waals surface area contributed by atoms with Crippen molar-refractivity contribution in [3.63, 3.8) is 0 Å². The SMILES string of the molecule is CCCCCCCCCCCCCCCCOC(=O)CCCCCCCCCCCN. The van der Waals surface area contributed by atoms with E-state index in [9.17, 15) is 4.79 Å². The lowest BCUT2D eigenvalue weighted by Crippen LogP contribution is -2.05. The van der Waals surface area contributed by atoms with Crippen molar-refractivity contribution < 1.29 is 9.53 Å². The normalized spacial score (nSPS) is 11.2. The molecule has 0 bridgehead atoms. The number of ether oxygens (including phenoxy) is 1. The van der Waals surface area contributed by atoms with Crippen LogP contribution in [0.5, 0.6) is 0 Å². The fraction of sp³-hybridized carbons (Fsp3) is 0.964. The predicted molar refractivity (Wildman–Crippen MR) is 136 cm³/mol. The summed E-state index contributed by atoms with van der Waals surface area (Å²) < 4.78 is 5.38. The first-order valence-electron chi connectivity index (χ1n) is 14.2. The minimum absolute atomic E-state index is 0.0106. The molecular weight excluding hydrogens is 382 g/mol. The van der Waals surface area contributed by atoms with Crippen LogP contribution in [0.4, 0.5) is 0 Å². The molecule has 2 N–H and O–H groups in total. The number of hydrogen-bond donors (Lipinski definition) is 1. The summed E-state index contributed by atoms with van der Waals surface area (Å²) in [6, 6.07) is 0. The van der Waals surface area contributed by atoms with E-state index >= 15 is 0 Å². The number of esters is 1. The molecule has 3 heteroatoms. The second-order valence-electron chi connectivity index (χ2n) is 9.54. The topological polar surface area (TPSA) is 52.3 Å². The van der Waals surface area contributed by atoms with E-state index in [0.717, 1.165) is 25.8 Å². The number of nitrogens with two attached hydrogens (primary N) is 1. The molecule has 31 heavy (non-hydrogen) atoms. The minimum atomic E-state index is 0.0106. The standard InChI is InChI=1S/C28H57NO2/c1-2-3-4-5-6-7-8-9-10-11-15-18-21-24-27-31-28(30)25-22-19-16-13-12-14-17-20-23-26-29/h2-27,29H2,1H3. The van der Waals surface area contributed by atoms with Crippen LogP contribution in [0.1, 0.15) is 161 Å². The summed E-state index contributed by atoms with van der Waals surface area (Å²) in [7, 11) is 0. The lowest BCUT2D eigenvalue weighted by atomic mass is 10.0. The van der Waals surface area contributed by atoms with Gasteiger partial charge in [-0.15, -0.1) is 0 Å². The molecule has 0 amide bonds. The zero-order valence-corrected chi connectivity index (χ0v) is 21.3. The quantitative estimate of drug-likeness (QED) is 0.108. The summed E-state index contributed by atoms with van der Waals surface area (Å²) in [5.41, 5.74) is 5.50. The maximum absolute atomic E-state index is 11.8. The van der Waals surface area contributed by atoms with Crippen LogP contribution in [-0.2, 0) is 9.53 Å². The molecule has 0 radical (unpaired) electrons. The molecule has 0 aliphatic rings. The van der Waals surface area contributed by atoms with Gasteiger partial charge in [0.1, 0.15) is 0 Å². The van der Waals surface area contributed by atoms with Crippen LogP contribution < -0.4 is 5.73 Å². The van der Waals surface area contributed by atoms with Crippen LogP contribution in [0.2, 0.25) is 0 Å². The Morgan fingerprint density at radius 3 is 1.29 bits per heavy atom. The lowest BCUT2D eigenvalue weighted by Gasteiger charge is -2.06. The maximum Gasteiger partial charge on any atom is 0.305 e. The van der Waals surface area contributed by atoms with Crippen molar-refractivity contribution in [2.24, 2.45) is 5.73 Å². The predicted octanol–water partition coefficient (Wildman–Crippen LogP) is 8.87. The first kappa shape index (κ1) is 30.4. The van der Waals surface area contributed by atoms with Gasteiger partial charge in [0.05, 0.1) is 6.61 Å². The van der Waals surface area contributed by atoms with Gasteiger partial charge in [-0.05, 0) is 25.8 Å². The highest BCUT2D eigenvalue weighted by Crippen LogP contribution is 2.13. The highest BCUT2D eigenvalue weighted by Gasteiger charge is 2.02. The summed E-state index contributed by atoms with van der Waals surface area (Å²) >= 11 is 0. The Balaban J connectivity index is 3.13. The monoisotopic (exact) mass is 439 g/mol. The second-order valence-corrected chi connectivity index (χ2v) is 9.54. The molecule has 0 atom stereocenters. The van der Waals surface area contributed by atoms with Gasteiger partial charge in [0.15, 0.2) is 0 Å². The average Bonchev–Trinajstić information content (AvgIpc) is 2.77. The van der Waals surface area contributed by atoms with Crippen LogP contribution in [0.3, 0.4) is 0 Å². The van der Waals surface area contributed by atoms with Gasteiger partial charge >= 0.3 is 5.97 Å². The van der Waals surface area contributed by atoms with Gasteiger partial charge in [-0.25, -0.2) is 0 Å². The molecule has 0 aliphatic heterocycles. The Bertz CT molecular complexity index is 346. The molecule has 0 aliphatic carbocycles. The van der Waals surface area contributed by atoms with Gasteiger partial charge in [0, 0.05) is 6.42 Å². The molecule has 0 unspecified atom stereocenters. The molecule has 0 fully saturated rings. The summed E-state index contributed by atoms with van der Waals surface area (Å²) in [4.78, 5) is 11.8. The van der Waals surface area contributed by atoms with E-state index in [1.165, 1.54) is 128 Å². The Kier molecular flexibility index (Phi) is 27.0. The van der Waals surface area contributed by atoms with Crippen molar-refractivity contribution in [3.8, 4) is 0 Å². The highest BCUT2D eigenvalue weighted by atomic mass is 16.5. The zero-order valence-electron chi connectivity index (χ0n) is 21.3. The Morgan fingerprint density at radius 2 is 0.871 bits per heavy atom. The Hall–Kier alpha value is -0.570. The summed E-state index contributed by atoms with van der Waals surface area (Å²) in [6.07, 6.45) is 30.8. The third kappa shape index (κ3) is 27.4. The second kappa shape index (κ2) is 27.5. The van der Waals surface area contributed by atoms with Gasteiger partial charge in [-0.1, -0.05) is 135 Å². The molecule has 0 saturated carbocycles. The van der Waals surface area contributed by atoms with Gasteiger partial charge in [0.25, 0.3) is 0 Å². The molecule has 0 aromatic carbocycles. The number of unbranched alkanes of at least 4 members (excludes halogenated alkanes) is 21. The average molecular weight is 440 g/mol. The smallest absolute Gasteiger partial charge is 0.305 e. The van der Waals surface area contributed by atoms with Gasteiger partial charge in [-0.3, -0.25) is 4.79 Å². The first-order chi connectivity index (χ1) is 15.3. The van der Waals surface area contributed by atoms with Crippen molar-refractivity contribution in [2.75, 3.05) is 13.2 Å². The van der Waals surface area contributed by atoms with Gasteiger partial charge in [0.2, 0.25) is 0 Å². The van der Waals surface area contributed by atoms with Crippen LogP contribution in [0, 0.1) is 0 Å². The van der Waals surface area contributed by atoms with Crippen LogP contribution >= 0.6 is 0 Å². The van der Waals surface area contributed by atoms with Crippen LogP contribution in [0.15, 0.2) is 0 Å². The fourth-order valence-corrected chi connectivity index (χ4v) is 4.21. The van der Waals surface area contributed by atoms with Crippen molar-refractivity contribution in [3.05, 3.63) is 0 Å². The number of hydrogen-bond acceptors (Lipinski definition) is 3. The number of carbonyl (C=O) groups is 1. The molecule has 0 aromatic rings. The van der Waals surface area contributed by atoms with E-state index in [4.69, 9.17) is 10.5 Å². The van der Waals surface area contributed by atoms with E-state index in [0.29, 0.717) is 13.0 Å². The third-order valence-corrected chi connectivity index (χ3v) is 6.35. The van der Waals surface area contributed by atoms with E-state index in [-0.39, 0.29) is 5.97 Å². The molecule has 3 nitrogen and oxygen atoms in total. The largest absolute Gasteiger partial charge is 0.466 e. The molecule has 0 aromatic heterocycles. The Labute approximate surface area is 195 Å². The minimum Gasteiger partial charge on any atom is -0.466 e. The lowest BCUT2D eigenvalue weighted by molar-refractivity contribution is -0.143. The number of carbonyl (C=O) groups excluding carboxylic acids is 1. The van der Waals surface area contributed by atoms with Crippen LogP contribution in [0.25, 0.3) is 0 Å². The maximum atomic E-state index is 11.8. The molecule has 0 rings (SSSR count). The Morgan fingerprint density at radius 1 is 0.516 bits per heavy atom. The van der Waals surface area contributed by atoms with Crippen molar-refractivity contribution in [1.82, 2.24) is 0 Å². The summed E-state index contributed by atoms with van der Waals surface area (Å²) in [5, 5.41) is 0. The fourth-order valence-electron chi connectivity index (χ4n) is 4.21. The third-order valence-electron chi connectivity index (χ3n) is 6.35. The van der Waals surface area contributed by atoms with Crippen LogP contribution in [-0.4, -0.2) is 19.1 Å². The molecule has 0 saturated heterocycles. The molecular formula is C28H57NO2. The van der Waals surface area contributed by atoms with Crippen molar-refractivity contribution in [2.45, 2.75) is 161 Å². The summed E-state index contributed by atoms with van der Waals surface area (Å²) in [6.45, 7) is 3.74. The van der Waals surface area contributed by atoms with Gasteiger partial charge in [-0.2, -0.15) is 0 Å². The van der Waals surface area contributed by atoms with Crippen molar-refractivity contribution >= 4 is 5.97 Å². The van der Waals surface area contributed by atoms with E-state index < -0.39 is 0 Å². The van der Waals surface area contributed by atoms with E-state index in [2.05, 4.69) is 6.92 Å². The van der Waals surface area contributed by atoms with E-state index in [1.807, 2.05) is 0 Å². The first-order valence-corrected chi connectivity index (χ1v) is 14.2. The molecule has 0 spiro atoms. The summed E-state index contributed by atoms with van der Waals surface area (Å²) in [5.74, 6) is 0.0106. The van der Waals surface area contributed by atoms with Gasteiger partial charge < -0.3 is 10.5 Å². The van der Waals surface area contributed by atoms with E-state index in [1.54, 1.807) is 0 Å². The molecule has 0 heterocycles.